The third-order valence-electron chi connectivity index (χ3n) is 2.41. The van der Waals surface area contributed by atoms with Crippen molar-refractivity contribution in [2.45, 2.75) is 32.2 Å². The molecule has 0 saturated heterocycles. The van der Waals surface area contributed by atoms with Gasteiger partial charge in [-0.1, -0.05) is 36.5 Å². The molecule has 0 bridgehead atoms. The number of carbonyl (C=O) groups is 1. The van der Waals surface area contributed by atoms with Gasteiger partial charge in [0.1, 0.15) is 0 Å². The first-order valence-electron chi connectivity index (χ1n) is 5.67. The van der Waals surface area contributed by atoms with Gasteiger partial charge in [0.25, 0.3) is 0 Å². The average Bonchev–Trinajstić information content (AvgIpc) is 2.25. The Kier molecular flexibility index (Phi) is 5.72. The van der Waals surface area contributed by atoms with Gasteiger partial charge in [-0.25, -0.2) is 0 Å². The van der Waals surface area contributed by atoms with Crippen LogP contribution in [0, 0.1) is 0 Å². The van der Waals surface area contributed by atoms with Crippen molar-refractivity contribution in [2.75, 3.05) is 5.32 Å². The van der Waals surface area contributed by atoms with Crippen molar-refractivity contribution in [2.24, 2.45) is 5.73 Å². The number of amides is 1. The molecule has 1 aromatic rings. The standard InChI is InChI=1S/C12H16Cl2N2O2/c1-2-3-7(15)4-11(17)16-8-5-9(13)12(18)10(14)6-8/h5-7,18H,2-4,15H2,1H3,(H,16,17). The fourth-order valence-electron chi connectivity index (χ4n) is 1.56. The molecule has 1 amide bonds. The predicted molar refractivity (Wildman–Crippen MR) is 74.3 cm³/mol. The highest BCUT2D eigenvalue weighted by Gasteiger charge is 2.11. The number of rotatable bonds is 5. The van der Waals surface area contributed by atoms with E-state index in [-0.39, 0.29) is 34.2 Å². The lowest BCUT2D eigenvalue weighted by Crippen LogP contribution is -2.26. The Hall–Kier alpha value is -0.970. The zero-order chi connectivity index (χ0) is 13.7. The van der Waals surface area contributed by atoms with Crippen LogP contribution in [0.1, 0.15) is 26.2 Å². The van der Waals surface area contributed by atoms with Crippen molar-refractivity contribution >= 4 is 34.8 Å². The van der Waals surface area contributed by atoms with Gasteiger partial charge in [-0.3, -0.25) is 4.79 Å². The Morgan fingerprint density at radius 1 is 1.44 bits per heavy atom. The quantitative estimate of drug-likeness (QED) is 0.729. The van der Waals surface area contributed by atoms with Crippen molar-refractivity contribution in [1.29, 1.82) is 0 Å². The number of aromatic hydroxyl groups is 1. The summed E-state index contributed by atoms with van der Waals surface area (Å²) in [4.78, 5) is 11.7. The average molecular weight is 291 g/mol. The summed E-state index contributed by atoms with van der Waals surface area (Å²) in [6, 6.07) is 2.72. The number of halogens is 2. The Labute approximate surface area is 116 Å². The number of anilines is 1. The van der Waals surface area contributed by atoms with Gasteiger partial charge in [0.15, 0.2) is 5.75 Å². The molecule has 0 aromatic heterocycles. The van der Waals surface area contributed by atoms with Crippen LogP contribution in [-0.2, 0) is 4.79 Å². The molecule has 1 unspecified atom stereocenters. The number of hydrogen-bond donors (Lipinski definition) is 3. The molecule has 4 N–H and O–H groups in total. The lowest BCUT2D eigenvalue weighted by molar-refractivity contribution is -0.116. The van der Waals surface area contributed by atoms with E-state index >= 15 is 0 Å². The van der Waals surface area contributed by atoms with Crippen molar-refractivity contribution in [3.05, 3.63) is 22.2 Å². The maximum Gasteiger partial charge on any atom is 0.225 e. The fourth-order valence-corrected chi connectivity index (χ4v) is 2.05. The Bertz CT molecular complexity index is 415. The van der Waals surface area contributed by atoms with E-state index in [2.05, 4.69) is 5.32 Å². The minimum absolute atomic E-state index is 0.0932. The first kappa shape index (κ1) is 15.1. The SMILES string of the molecule is CCCC(N)CC(=O)Nc1cc(Cl)c(O)c(Cl)c1. The van der Waals surface area contributed by atoms with Gasteiger partial charge in [-0.2, -0.15) is 0 Å². The van der Waals surface area contributed by atoms with Crippen LogP contribution >= 0.6 is 23.2 Å². The van der Waals surface area contributed by atoms with Crippen LogP contribution in [0.4, 0.5) is 5.69 Å². The van der Waals surface area contributed by atoms with Crippen molar-refractivity contribution in [1.82, 2.24) is 0 Å². The molecule has 0 heterocycles. The lowest BCUT2D eigenvalue weighted by atomic mass is 10.1. The van der Waals surface area contributed by atoms with Crippen LogP contribution in [0.3, 0.4) is 0 Å². The van der Waals surface area contributed by atoms with Crippen molar-refractivity contribution in [3.8, 4) is 5.75 Å². The normalized spacial score (nSPS) is 12.2. The molecule has 1 rings (SSSR count). The second-order valence-electron chi connectivity index (χ2n) is 4.09. The predicted octanol–water partition coefficient (Wildman–Crippen LogP) is 3.16. The number of phenolic OH excluding ortho intramolecular Hbond substituents is 1. The second-order valence-corrected chi connectivity index (χ2v) is 4.90. The number of nitrogens with one attached hydrogen (secondary N) is 1. The van der Waals surface area contributed by atoms with Gasteiger partial charge in [0, 0.05) is 18.2 Å². The summed E-state index contributed by atoms with van der Waals surface area (Å²) < 4.78 is 0. The van der Waals surface area contributed by atoms with Crippen LogP contribution in [0.2, 0.25) is 10.0 Å². The molecule has 6 heteroatoms. The van der Waals surface area contributed by atoms with Crippen LogP contribution in [0.25, 0.3) is 0 Å². The molecule has 4 nitrogen and oxygen atoms in total. The Morgan fingerprint density at radius 2 is 2.00 bits per heavy atom. The van der Waals surface area contributed by atoms with E-state index in [1.165, 1.54) is 12.1 Å². The van der Waals surface area contributed by atoms with Gasteiger partial charge in [-0.05, 0) is 18.6 Å². The molecule has 18 heavy (non-hydrogen) atoms. The topological polar surface area (TPSA) is 75.4 Å². The van der Waals surface area contributed by atoms with Gasteiger partial charge >= 0.3 is 0 Å². The molecule has 0 radical (unpaired) electrons. The summed E-state index contributed by atoms with van der Waals surface area (Å²) in [5.41, 5.74) is 6.21. The van der Waals surface area contributed by atoms with Gasteiger partial charge < -0.3 is 16.2 Å². The number of phenols is 1. The fraction of sp³-hybridized carbons (Fsp3) is 0.417. The molecule has 0 aliphatic heterocycles. The molecule has 0 aliphatic carbocycles. The maximum absolute atomic E-state index is 11.7. The monoisotopic (exact) mass is 290 g/mol. The lowest BCUT2D eigenvalue weighted by Gasteiger charge is -2.11. The van der Waals surface area contributed by atoms with Gasteiger partial charge in [0.2, 0.25) is 5.91 Å². The maximum atomic E-state index is 11.7. The van der Waals surface area contributed by atoms with E-state index in [0.717, 1.165) is 12.8 Å². The third-order valence-corrected chi connectivity index (χ3v) is 2.98. The molecule has 0 saturated carbocycles. The van der Waals surface area contributed by atoms with E-state index in [1.54, 1.807) is 0 Å². The zero-order valence-electron chi connectivity index (χ0n) is 10.0. The molecule has 0 fully saturated rings. The number of benzene rings is 1. The largest absolute Gasteiger partial charge is 0.505 e. The molecule has 0 spiro atoms. The van der Waals surface area contributed by atoms with E-state index in [0.29, 0.717) is 5.69 Å². The van der Waals surface area contributed by atoms with Crippen LogP contribution in [-0.4, -0.2) is 17.1 Å². The summed E-state index contributed by atoms with van der Waals surface area (Å²) in [6.07, 6.45) is 1.97. The van der Waals surface area contributed by atoms with Gasteiger partial charge in [-0.15, -0.1) is 0 Å². The van der Waals surface area contributed by atoms with Crippen LogP contribution in [0.15, 0.2) is 12.1 Å². The van der Waals surface area contributed by atoms with Crippen LogP contribution in [0.5, 0.6) is 5.75 Å². The number of hydrogen-bond acceptors (Lipinski definition) is 3. The summed E-state index contributed by atoms with van der Waals surface area (Å²) in [6.45, 7) is 2.01. The molecular weight excluding hydrogens is 275 g/mol. The molecular formula is C12H16Cl2N2O2. The molecule has 0 aliphatic rings. The van der Waals surface area contributed by atoms with E-state index in [4.69, 9.17) is 28.9 Å². The van der Waals surface area contributed by atoms with Gasteiger partial charge in [0.05, 0.1) is 10.0 Å². The minimum Gasteiger partial charge on any atom is -0.505 e. The highest BCUT2D eigenvalue weighted by atomic mass is 35.5. The zero-order valence-corrected chi connectivity index (χ0v) is 11.6. The second kappa shape index (κ2) is 6.83. The van der Waals surface area contributed by atoms with Crippen molar-refractivity contribution in [3.63, 3.8) is 0 Å². The summed E-state index contributed by atoms with van der Waals surface area (Å²) in [5, 5.41) is 12.2. The van der Waals surface area contributed by atoms with Crippen molar-refractivity contribution < 1.29 is 9.90 Å². The van der Waals surface area contributed by atoms with E-state index < -0.39 is 0 Å². The molecule has 100 valence electrons. The van der Waals surface area contributed by atoms with E-state index in [9.17, 15) is 9.90 Å². The molecule has 1 aromatic carbocycles. The van der Waals surface area contributed by atoms with E-state index in [1.807, 2.05) is 6.92 Å². The molecule has 1 atom stereocenters. The smallest absolute Gasteiger partial charge is 0.225 e. The summed E-state index contributed by atoms with van der Waals surface area (Å²) in [7, 11) is 0. The Balaban J connectivity index is 2.65. The number of nitrogens with two attached hydrogens (primary N) is 1. The number of carbonyl (C=O) groups excluding carboxylic acids is 1. The first-order valence-corrected chi connectivity index (χ1v) is 6.43. The Morgan fingerprint density at radius 3 is 2.50 bits per heavy atom. The first-order chi connectivity index (χ1) is 8.43. The van der Waals surface area contributed by atoms with Crippen LogP contribution < -0.4 is 11.1 Å². The highest BCUT2D eigenvalue weighted by molar-refractivity contribution is 6.37. The highest BCUT2D eigenvalue weighted by Crippen LogP contribution is 2.34. The summed E-state index contributed by atoms with van der Waals surface area (Å²) >= 11 is 11.5. The minimum atomic E-state index is -0.200. The summed E-state index contributed by atoms with van der Waals surface area (Å²) in [5.74, 6) is -0.396. The third kappa shape index (κ3) is 4.37.